The van der Waals surface area contributed by atoms with Crippen LogP contribution in [0.1, 0.15) is 0 Å². The molecule has 0 saturated carbocycles. The summed E-state index contributed by atoms with van der Waals surface area (Å²) in [6.07, 6.45) is 1.79. The summed E-state index contributed by atoms with van der Waals surface area (Å²) in [5, 5.41) is 3.19. The van der Waals surface area contributed by atoms with Gasteiger partial charge in [0.2, 0.25) is 0 Å². The van der Waals surface area contributed by atoms with Crippen LogP contribution in [0.5, 0.6) is 5.75 Å². The number of likely N-dealkylation sites (N-methyl/N-ethyl adjacent to an activating group) is 1. The van der Waals surface area contributed by atoms with Gasteiger partial charge in [0.25, 0.3) is 0 Å². The molecule has 6 nitrogen and oxygen atoms in total. The molecule has 2 heterocycles. The lowest BCUT2D eigenvalue weighted by Crippen LogP contribution is -2.48. The maximum atomic E-state index is 5.53. The van der Waals surface area contributed by atoms with Crippen molar-refractivity contribution in [1.29, 1.82) is 0 Å². The molecule has 0 radical (unpaired) electrons. The summed E-state index contributed by atoms with van der Waals surface area (Å²) < 4.78 is 10.5. The van der Waals surface area contributed by atoms with Gasteiger partial charge in [0.1, 0.15) is 18.2 Å². The molecule has 1 fully saturated rings. The lowest BCUT2D eigenvalue weighted by Gasteiger charge is -2.35. The molecule has 1 aromatic heterocycles. The van der Waals surface area contributed by atoms with E-state index in [4.69, 9.17) is 9.47 Å². The molecule has 1 aromatic rings. The van der Waals surface area contributed by atoms with Gasteiger partial charge >= 0.3 is 0 Å². The minimum atomic E-state index is 0.557. The van der Waals surface area contributed by atoms with Crippen molar-refractivity contribution in [3.63, 3.8) is 0 Å². The van der Waals surface area contributed by atoms with Gasteiger partial charge in [-0.25, -0.2) is 4.98 Å². The molecule has 1 N–H and O–H groups in total. The minimum absolute atomic E-state index is 0.557. The summed E-state index contributed by atoms with van der Waals surface area (Å²) in [4.78, 5) is 9.31. The number of aromatic nitrogens is 1. The molecule has 1 aliphatic heterocycles. The molecule has 118 valence electrons. The van der Waals surface area contributed by atoms with Crippen LogP contribution in [0.2, 0.25) is 0 Å². The Morgan fingerprint density at radius 2 is 2.00 bits per heavy atom. The molecule has 1 saturated heterocycles. The van der Waals surface area contributed by atoms with Gasteiger partial charge < -0.3 is 19.7 Å². The third-order valence-corrected chi connectivity index (χ3v) is 3.65. The van der Waals surface area contributed by atoms with Crippen LogP contribution in [0, 0.1) is 0 Å². The Bertz CT molecular complexity index is 391. The molecule has 0 aromatic carbocycles. The number of methoxy groups -OCH3 is 1. The van der Waals surface area contributed by atoms with Crippen molar-refractivity contribution in [1.82, 2.24) is 15.2 Å². The zero-order chi connectivity index (χ0) is 14.9. The summed E-state index contributed by atoms with van der Waals surface area (Å²) >= 11 is 0. The molecule has 0 atom stereocenters. The van der Waals surface area contributed by atoms with E-state index in [2.05, 4.69) is 20.1 Å². The first-order valence-electron chi connectivity index (χ1n) is 7.53. The summed E-state index contributed by atoms with van der Waals surface area (Å²) in [6, 6.07) is 4.01. The minimum Gasteiger partial charge on any atom is -0.490 e. The van der Waals surface area contributed by atoms with Gasteiger partial charge in [-0.05, 0) is 19.2 Å². The number of nitrogens with one attached hydrogen (secondary N) is 1. The van der Waals surface area contributed by atoms with Crippen molar-refractivity contribution >= 4 is 5.82 Å². The smallest absolute Gasteiger partial charge is 0.137 e. The number of hydrogen-bond donors (Lipinski definition) is 1. The topological polar surface area (TPSA) is 49.9 Å². The number of ether oxygens (including phenoxy) is 2. The van der Waals surface area contributed by atoms with E-state index in [1.54, 1.807) is 13.3 Å². The largest absolute Gasteiger partial charge is 0.490 e. The summed E-state index contributed by atoms with van der Waals surface area (Å²) in [6.45, 7) is 7.56. The fraction of sp³-hybridized carbons (Fsp3) is 0.667. The Morgan fingerprint density at radius 1 is 1.19 bits per heavy atom. The molecule has 1 aliphatic rings. The molecule has 0 unspecified atom stereocenters. The van der Waals surface area contributed by atoms with Crippen LogP contribution < -0.4 is 15.0 Å². The van der Waals surface area contributed by atoms with E-state index in [1.807, 2.05) is 19.2 Å². The number of pyridine rings is 1. The Labute approximate surface area is 127 Å². The van der Waals surface area contributed by atoms with Crippen molar-refractivity contribution < 1.29 is 9.47 Å². The van der Waals surface area contributed by atoms with Gasteiger partial charge in [-0.3, -0.25) is 4.90 Å². The molecule has 0 bridgehead atoms. The standard InChI is InChI=1S/C15H26N4O2/c1-16-5-6-18-7-9-19(10-8-18)15-4-3-14(13-17-15)21-12-11-20-2/h3-4,13,16H,5-12H2,1-2H3. The lowest BCUT2D eigenvalue weighted by molar-refractivity contribution is 0.146. The molecule has 6 heteroatoms. The highest BCUT2D eigenvalue weighted by Gasteiger charge is 2.17. The normalized spacial score (nSPS) is 16.2. The maximum Gasteiger partial charge on any atom is 0.137 e. The van der Waals surface area contributed by atoms with Crippen molar-refractivity contribution in [3.05, 3.63) is 18.3 Å². The summed E-state index contributed by atoms with van der Waals surface area (Å²) in [7, 11) is 3.66. The van der Waals surface area contributed by atoms with Crippen molar-refractivity contribution in [2.75, 3.05) is 71.5 Å². The number of anilines is 1. The van der Waals surface area contributed by atoms with Gasteiger partial charge in [0.15, 0.2) is 0 Å². The van der Waals surface area contributed by atoms with E-state index in [0.717, 1.165) is 50.8 Å². The third kappa shape index (κ3) is 5.15. The Kier molecular flexibility index (Phi) is 6.72. The number of rotatable bonds is 8. The van der Waals surface area contributed by atoms with Crippen LogP contribution >= 0.6 is 0 Å². The van der Waals surface area contributed by atoms with Crippen LogP contribution in [0.25, 0.3) is 0 Å². The predicted octanol–water partition coefficient (Wildman–Crippen LogP) is 0.448. The molecule has 0 aliphatic carbocycles. The van der Waals surface area contributed by atoms with Gasteiger partial charge in [0.05, 0.1) is 12.8 Å². The fourth-order valence-corrected chi connectivity index (χ4v) is 2.36. The van der Waals surface area contributed by atoms with Crippen LogP contribution in [0.4, 0.5) is 5.82 Å². The quantitative estimate of drug-likeness (QED) is 0.703. The van der Waals surface area contributed by atoms with Crippen LogP contribution in [0.15, 0.2) is 18.3 Å². The van der Waals surface area contributed by atoms with Crippen molar-refractivity contribution in [3.8, 4) is 5.75 Å². The SMILES string of the molecule is CNCCN1CCN(c2ccc(OCCOC)cn2)CC1. The lowest BCUT2D eigenvalue weighted by atomic mass is 10.3. The van der Waals surface area contributed by atoms with Crippen LogP contribution in [-0.2, 0) is 4.74 Å². The zero-order valence-corrected chi connectivity index (χ0v) is 13.0. The number of nitrogens with zero attached hydrogens (tertiary/aromatic N) is 3. The second-order valence-electron chi connectivity index (χ2n) is 5.13. The van der Waals surface area contributed by atoms with E-state index in [9.17, 15) is 0 Å². The fourth-order valence-electron chi connectivity index (χ4n) is 2.36. The highest BCUT2D eigenvalue weighted by atomic mass is 16.5. The Balaban J connectivity index is 1.78. The third-order valence-electron chi connectivity index (χ3n) is 3.65. The Morgan fingerprint density at radius 3 is 2.62 bits per heavy atom. The predicted molar refractivity (Wildman–Crippen MR) is 84.2 cm³/mol. The van der Waals surface area contributed by atoms with Gasteiger partial charge in [-0.15, -0.1) is 0 Å². The van der Waals surface area contributed by atoms with Gasteiger partial charge in [-0.1, -0.05) is 0 Å². The first kappa shape index (κ1) is 16.0. The van der Waals surface area contributed by atoms with Crippen molar-refractivity contribution in [2.24, 2.45) is 0 Å². The van der Waals surface area contributed by atoms with Gasteiger partial charge in [-0.2, -0.15) is 0 Å². The molecule has 21 heavy (non-hydrogen) atoms. The first-order chi connectivity index (χ1) is 10.3. The first-order valence-corrected chi connectivity index (χ1v) is 7.53. The average Bonchev–Trinajstić information content (AvgIpc) is 2.54. The van der Waals surface area contributed by atoms with E-state index < -0.39 is 0 Å². The van der Waals surface area contributed by atoms with E-state index in [0.29, 0.717) is 13.2 Å². The van der Waals surface area contributed by atoms with Crippen LogP contribution in [-0.4, -0.2) is 76.5 Å². The molecule has 0 spiro atoms. The van der Waals surface area contributed by atoms with Gasteiger partial charge in [0, 0.05) is 46.4 Å². The highest BCUT2D eigenvalue weighted by Crippen LogP contribution is 2.17. The van der Waals surface area contributed by atoms with Crippen LogP contribution in [0.3, 0.4) is 0 Å². The number of piperazine rings is 1. The summed E-state index contributed by atoms with van der Waals surface area (Å²) in [5.74, 6) is 1.82. The summed E-state index contributed by atoms with van der Waals surface area (Å²) in [5.41, 5.74) is 0. The number of hydrogen-bond acceptors (Lipinski definition) is 6. The highest BCUT2D eigenvalue weighted by molar-refractivity contribution is 5.41. The average molecular weight is 294 g/mol. The molecular formula is C15H26N4O2. The maximum absolute atomic E-state index is 5.53. The molecular weight excluding hydrogens is 268 g/mol. The second-order valence-corrected chi connectivity index (χ2v) is 5.13. The second kappa shape index (κ2) is 8.81. The van der Waals surface area contributed by atoms with E-state index in [-0.39, 0.29) is 0 Å². The van der Waals surface area contributed by atoms with E-state index in [1.165, 1.54) is 0 Å². The zero-order valence-electron chi connectivity index (χ0n) is 13.0. The Hall–Kier alpha value is -1.37. The molecule has 0 amide bonds. The molecule has 2 rings (SSSR count). The monoisotopic (exact) mass is 294 g/mol. The van der Waals surface area contributed by atoms with E-state index >= 15 is 0 Å². The van der Waals surface area contributed by atoms with Crippen molar-refractivity contribution in [2.45, 2.75) is 0 Å².